The van der Waals surface area contributed by atoms with Crippen LogP contribution in [0.4, 0.5) is 0 Å². The number of nitrogens with two attached hydrogens (primary N) is 1. The van der Waals surface area contributed by atoms with Crippen LogP contribution in [0.25, 0.3) is 0 Å². The number of rotatable bonds is 4. The number of benzene rings is 1. The third kappa shape index (κ3) is 5.58. The lowest BCUT2D eigenvalue weighted by Crippen LogP contribution is -2.47. The normalized spacial score (nSPS) is 18.9. The Labute approximate surface area is 141 Å². The van der Waals surface area contributed by atoms with Gasteiger partial charge in [0.1, 0.15) is 0 Å². The number of amides is 1. The van der Waals surface area contributed by atoms with E-state index in [-0.39, 0.29) is 24.4 Å². The molecule has 2 N–H and O–H groups in total. The summed E-state index contributed by atoms with van der Waals surface area (Å²) < 4.78 is 1.04. The second-order valence-electron chi connectivity index (χ2n) is 5.48. The predicted molar refractivity (Wildman–Crippen MR) is 91.5 cm³/mol. The van der Waals surface area contributed by atoms with Gasteiger partial charge in [0.05, 0.1) is 6.54 Å². The van der Waals surface area contributed by atoms with Gasteiger partial charge in [-0.05, 0) is 31.0 Å². The highest BCUT2D eigenvalue weighted by Crippen LogP contribution is 2.17. The Bertz CT molecular complexity index is 472. The van der Waals surface area contributed by atoms with Crippen LogP contribution in [0.1, 0.15) is 18.4 Å². The molecule has 0 saturated carbocycles. The molecule has 1 aliphatic rings. The summed E-state index contributed by atoms with van der Waals surface area (Å²) in [5, 5.41) is 0. The molecule has 118 valence electrons. The summed E-state index contributed by atoms with van der Waals surface area (Å²) in [4.78, 5) is 16.2. The van der Waals surface area contributed by atoms with Gasteiger partial charge in [-0.3, -0.25) is 9.69 Å². The molecule has 1 heterocycles. The van der Waals surface area contributed by atoms with Crippen LogP contribution in [0.2, 0.25) is 0 Å². The van der Waals surface area contributed by atoms with E-state index in [0.717, 1.165) is 36.0 Å². The number of hydrogen-bond acceptors (Lipinski definition) is 3. The van der Waals surface area contributed by atoms with Crippen molar-refractivity contribution in [3.05, 3.63) is 34.3 Å². The summed E-state index contributed by atoms with van der Waals surface area (Å²) >= 11 is 3.52. The van der Waals surface area contributed by atoms with Crippen molar-refractivity contribution in [3.8, 4) is 0 Å². The monoisotopic (exact) mass is 375 g/mol. The molecule has 1 saturated heterocycles. The first-order valence-corrected chi connectivity index (χ1v) is 7.81. The average molecular weight is 377 g/mol. The van der Waals surface area contributed by atoms with E-state index < -0.39 is 0 Å². The fourth-order valence-electron chi connectivity index (χ4n) is 2.52. The fourth-order valence-corrected chi connectivity index (χ4v) is 2.93. The summed E-state index contributed by atoms with van der Waals surface area (Å²) in [6.07, 6.45) is 2.15. The van der Waals surface area contributed by atoms with Crippen molar-refractivity contribution < 1.29 is 4.79 Å². The first-order valence-electron chi connectivity index (χ1n) is 7.01. The number of carbonyl (C=O) groups excluding carboxylic acids is 1. The van der Waals surface area contributed by atoms with Gasteiger partial charge in [0.25, 0.3) is 0 Å². The molecule has 0 aliphatic carbocycles. The van der Waals surface area contributed by atoms with Crippen molar-refractivity contribution in [2.75, 3.05) is 26.7 Å². The molecule has 0 aromatic heterocycles. The summed E-state index contributed by atoms with van der Waals surface area (Å²) in [6.45, 7) is 2.89. The van der Waals surface area contributed by atoms with E-state index in [1.54, 1.807) is 4.90 Å². The van der Waals surface area contributed by atoms with Crippen molar-refractivity contribution in [3.63, 3.8) is 0 Å². The van der Waals surface area contributed by atoms with Crippen LogP contribution in [-0.2, 0) is 11.3 Å². The Morgan fingerprint density at radius 3 is 2.86 bits per heavy atom. The second-order valence-corrected chi connectivity index (χ2v) is 6.33. The molecule has 1 aromatic carbocycles. The van der Waals surface area contributed by atoms with Crippen LogP contribution in [0.15, 0.2) is 28.7 Å². The van der Waals surface area contributed by atoms with Crippen molar-refractivity contribution >= 4 is 34.2 Å². The van der Waals surface area contributed by atoms with Crippen molar-refractivity contribution in [2.24, 2.45) is 5.73 Å². The van der Waals surface area contributed by atoms with Crippen LogP contribution in [0, 0.1) is 0 Å². The molecule has 0 spiro atoms. The predicted octanol–water partition coefficient (Wildman–Crippen LogP) is 2.25. The highest BCUT2D eigenvalue weighted by molar-refractivity contribution is 9.10. The maximum atomic E-state index is 12.3. The van der Waals surface area contributed by atoms with Gasteiger partial charge in [-0.2, -0.15) is 0 Å². The lowest BCUT2D eigenvalue weighted by molar-refractivity contribution is -0.131. The standard InChI is InChI=1S/C15H22BrN3O.ClH/c1-18(9-12-5-2-3-7-14(12)16)15(20)11-19-8-4-6-13(17)10-19;/h2-3,5,7,13H,4,6,8-11,17H2,1H3;1H/t13-;/m1./s1. The third-order valence-electron chi connectivity index (χ3n) is 3.69. The van der Waals surface area contributed by atoms with Gasteiger partial charge in [0, 0.05) is 30.7 Å². The quantitative estimate of drug-likeness (QED) is 0.877. The van der Waals surface area contributed by atoms with Gasteiger partial charge >= 0.3 is 0 Å². The van der Waals surface area contributed by atoms with Crippen LogP contribution >= 0.6 is 28.3 Å². The Morgan fingerprint density at radius 1 is 1.48 bits per heavy atom. The smallest absolute Gasteiger partial charge is 0.236 e. The number of nitrogens with zero attached hydrogens (tertiary/aromatic N) is 2. The largest absolute Gasteiger partial charge is 0.340 e. The third-order valence-corrected chi connectivity index (χ3v) is 4.47. The molecule has 1 aliphatic heterocycles. The van der Waals surface area contributed by atoms with E-state index in [1.165, 1.54) is 0 Å². The SMILES string of the molecule is CN(Cc1ccccc1Br)C(=O)CN1CCC[C@@H](N)C1.Cl. The minimum Gasteiger partial charge on any atom is -0.340 e. The molecule has 1 amide bonds. The fraction of sp³-hybridized carbons (Fsp3) is 0.533. The van der Waals surface area contributed by atoms with E-state index in [9.17, 15) is 4.79 Å². The zero-order chi connectivity index (χ0) is 14.5. The van der Waals surface area contributed by atoms with Gasteiger partial charge < -0.3 is 10.6 Å². The summed E-state index contributed by atoms with van der Waals surface area (Å²) in [6, 6.07) is 8.21. The van der Waals surface area contributed by atoms with Crippen LogP contribution in [0.5, 0.6) is 0 Å². The van der Waals surface area contributed by atoms with E-state index in [0.29, 0.717) is 13.1 Å². The van der Waals surface area contributed by atoms with Gasteiger partial charge in [-0.25, -0.2) is 0 Å². The number of piperidine rings is 1. The lowest BCUT2D eigenvalue weighted by atomic mass is 10.1. The summed E-state index contributed by atoms with van der Waals surface area (Å²) in [7, 11) is 1.85. The zero-order valence-electron chi connectivity index (χ0n) is 12.3. The van der Waals surface area contributed by atoms with Gasteiger partial charge in [-0.1, -0.05) is 34.1 Å². The molecule has 1 atom stereocenters. The first kappa shape index (κ1) is 18.4. The molecule has 1 fully saturated rings. The Morgan fingerprint density at radius 2 is 2.19 bits per heavy atom. The van der Waals surface area contributed by atoms with Crippen LogP contribution < -0.4 is 5.73 Å². The first-order chi connectivity index (χ1) is 9.56. The van der Waals surface area contributed by atoms with Crippen molar-refractivity contribution in [2.45, 2.75) is 25.4 Å². The zero-order valence-corrected chi connectivity index (χ0v) is 14.7. The Balaban J connectivity index is 0.00000220. The van der Waals surface area contributed by atoms with Gasteiger partial charge in [0.15, 0.2) is 0 Å². The average Bonchev–Trinajstić information content (AvgIpc) is 2.41. The number of likely N-dealkylation sites (N-methyl/N-ethyl adjacent to an activating group) is 1. The number of carbonyl (C=O) groups is 1. The molecular formula is C15H23BrClN3O. The lowest BCUT2D eigenvalue weighted by Gasteiger charge is -2.31. The Kier molecular flexibility index (Phi) is 7.66. The van der Waals surface area contributed by atoms with Crippen molar-refractivity contribution in [1.82, 2.24) is 9.80 Å². The Hall–Kier alpha value is -0.620. The van der Waals surface area contributed by atoms with E-state index in [2.05, 4.69) is 20.8 Å². The second kappa shape index (κ2) is 8.73. The molecule has 6 heteroatoms. The van der Waals surface area contributed by atoms with Gasteiger partial charge in [-0.15, -0.1) is 12.4 Å². The minimum absolute atomic E-state index is 0. The maximum Gasteiger partial charge on any atom is 0.236 e. The maximum absolute atomic E-state index is 12.3. The number of hydrogen-bond donors (Lipinski definition) is 1. The minimum atomic E-state index is 0. The van der Waals surface area contributed by atoms with Crippen molar-refractivity contribution in [1.29, 1.82) is 0 Å². The molecule has 0 radical (unpaired) electrons. The number of halogens is 2. The van der Waals surface area contributed by atoms with E-state index >= 15 is 0 Å². The highest BCUT2D eigenvalue weighted by atomic mass is 79.9. The highest BCUT2D eigenvalue weighted by Gasteiger charge is 2.20. The molecule has 0 bridgehead atoms. The van der Waals surface area contributed by atoms with Crippen LogP contribution in [0.3, 0.4) is 0 Å². The molecule has 1 aromatic rings. The van der Waals surface area contributed by atoms with E-state index in [1.807, 2.05) is 31.3 Å². The molecule has 0 unspecified atom stereocenters. The molecule has 4 nitrogen and oxygen atoms in total. The molecular weight excluding hydrogens is 354 g/mol. The molecule has 21 heavy (non-hydrogen) atoms. The van der Waals surface area contributed by atoms with Gasteiger partial charge in [0.2, 0.25) is 5.91 Å². The topological polar surface area (TPSA) is 49.6 Å². The number of likely N-dealkylation sites (tertiary alicyclic amines) is 1. The summed E-state index contributed by atoms with van der Waals surface area (Å²) in [5.41, 5.74) is 7.07. The van der Waals surface area contributed by atoms with E-state index in [4.69, 9.17) is 5.73 Å². The molecule has 2 rings (SSSR count). The van der Waals surface area contributed by atoms with Crippen LogP contribution in [-0.4, -0.2) is 48.4 Å². The summed E-state index contributed by atoms with van der Waals surface area (Å²) in [5.74, 6) is 0.148.